The molecule has 0 radical (unpaired) electrons. The van der Waals surface area contributed by atoms with Crippen molar-refractivity contribution in [3.05, 3.63) is 77.2 Å². The number of amides is 1. The number of aryl methyl sites for hydroxylation is 1. The van der Waals surface area contributed by atoms with Gasteiger partial charge in [0.25, 0.3) is 15.9 Å². The second-order valence-corrected chi connectivity index (χ2v) is 9.76. The number of thioether (sulfide) groups is 1. The lowest BCUT2D eigenvalue weighted by Crippen LogP contribution is -2.29. The van der Waals surface area contributed by atoms with Crippen LogP contribution in [-0.2, 0) is 21.2 Å². The van der Waals surface area contributed by atoms with Crippen LogP contribution in [0.2, 0.25) is 0 Å². The summed E-state index contributed by atoms with van der Waals surface area (Å²) < 4.78 is 29.6. The maximum Gasteiger partial charge on any atom is 0.284 e. The van der Waals surface area contributed by atoms with E-state index >= 15 is 0 Å². The normalized spacial score (nSPS) is 16.9. The first-order chi connectivity index (χ1) is 14.7. The molecule has 1 aliphatic heterocycles. The first-order valence-corrected chi connectivity index (χ1v) is 12.0. The molecule has 0 spiro atoms. The Hall–Kier alpha value is -2.84. The van der Waals surface area contributed by atoms with Crippen molar-refractivity contribution in [1.29, 1.82) is 0 Å². The third kappa shape index (κ3) is 5.26. The third-order valence-electron chi connectivity index (χ3n) is 4.73. The van der Waals surface area contributed by atoms with Crippen molar-refractivity contribution in [1.82, 2.24) is 4.90 Å². The minimum atomic E-state index is -3.95. The molecule has 162 valence electrons. The number of nitrogens with zero attached hydrogens (tertiary/aromatic N) is 3. The molecule has 1 aliphatic rings. The predicted molar refractivity (Wildman–Crippen MR) is 129 cm³/mol. The number of benzene rings is 2. The Labute approximate surface area is 188 Å². The van der Waals surface area contributed by atoms with E-state index in [9.17, 15) is 13.2 Å². The highest BCUT2D eigenvalue weighted by atomic mass is 32.2. The Morgan fingerprint density at radius 3 is 2.29 bits per heavy atom. The molecule has 3 rings (SSSR count). The van der Waals surface area contributed by atoms with E-state index in [-0.39, 0.29) is 22.5 Å². The van der Waals surface area contributed by atoms with Crippen LogP contribution in [0.15, 0.2) is 75.4 Å². The van der Waals surface area contributed by atoms with Gasteiger partial charge in [-0.2, -0.15) is 8.42 Å². The van der Waals surface area contributed by atoms with Gasteiger partial charge in [0.1, 0.15) is 0 Å². The molecule has 8 heteroatoms. The van der Waals surface area contributed by atoms with Crippen molar-refractivity contribution in [2.75, 3.05) is 25.5 Å². The highest BCUT2D eigenvalue weighted by molar-refractivity contribution is 8.19. The number of carbonyl (C=O) groups is 1. The van der Waals surface area contributed by atoms with E-state index in [0.717, 1.165) is 35.0 Å². The van der Waals surface area contributed by atoms with E-state index < -0.39 is 10.0 Å². The van der Waals surface area contributed by atoms with Crippen LogP contribution >= 0.6 is 11.8 Å². The number of anilines is 1. The third-order valence-corrected chi connectivity index (χ3v) is 7.14. The SMILES string of the molecule is C=CCN1C(=O)/C(=C\c2ccc(N(C)C)cc2)S/C1=N\S(=O)(=O)c1ccc(CC)cc1. The summed E-state index contributed by atoms with van der Waals surface area (Å²) in [5.74, 6) is -0.295. The van der Waals surface area contributed by atoms with Crippen LogP contribution in [-0.4, -0.2) is 45.0 Å². The molecule has 1 amide bonds. The van der Waals surface area contributed by atoms with Crippen molar-refractivity contribution in [2.24, 2.45) is 4.40 Å². The second kappa shape index (κ2) is 9.53. The second-order valence-electron chi connectivity index (χ2n) is 7.15. The zero-order valence-electron chi connectivity index (χ0n) is 17.8. The maximum atomic E-state index is 12.9. The van der Waals surface area contributed by atoms with Gasteiger partial charge >= 0.3 is 0 Å². The molecule has 1 fully saturated rings. The molecular formula is C23H25N3O3S2. The van der Waals surface area contributed by atoms with Crippen LogP contribution in [0, 0.1) is 0 Å². The van der Waals surface area contributed by atoms with Crippen LogP contribution in [0.1, 0.15) is 18.1 Å². The standard InChI is InChI=1S/C23H25N3O3S2/c1-5-15-26-22(27)21(16-18-7-11-19(12-8-18)25(3)4)30-23(26)24-31(28,29)20-13-9-17(6-2)10-14-20/h5,7-14,16H,1,6,15H2,2-4H3/b21-16+,24-23-. The number of hydrogen-bond donors (Lipinski definition) is 0. The predicted octanol–water partition coefficient (Wildman–Crippen LogP) is 4.16. The van der Waals surface area contributed by atoms with E-state index in [1.807, 2.05) is 50.2 Å². The Morgan fingerprint density at radius 2 is 1.74 bits per heavy atom. The first kappa shape index (κ1) is 22.8. The van der Waals surface area contributed by atoms with E-state index in [1.54, 1.807) is 36.4 Å². The Balaban J connectivity index is 1.93. The highest BCUT2D eigenvalue weighted by Gasteiger charge is 2.34. The summed E-state index contributed by atoms with van der Waals surface area (Å²) >= 11 is 1.05. The fraction of sp³-hybridized carbons (Fsp3) is 0.217. The Morgan fingerprint density at radius 1 is 1.10 bits per heavy atom. The monoisotopic (exact) mass is 455 g/mol. The minimum Gasteiger partial charge on any atom is -0.378 e. The van der Waals surface area contributed by atoms with Crippen LogP contribution in [0.5, 0.6) is 0 Å². The topological polar surface area (TPSA) is 70.1 Å². The van der Waals surface area contributed by atoms with Gasteiger partial charge in [-0.05, 0) is 59.7 Å². The lowest BCUT2D eigenvalue weighted by Gasteiger charge is -2.12. The van der Waals surface area contributed by atoms with Crippen molar-refractivity contribution in [3.63, 3.8) is 0 Å². The van der Waals surface area contributed by atoms with Gasteiger partial charge in [0.05, 0.1) is 9.80 Å². The molecule has 2 aromatic carbocycles. The molecule has 2 aromatic rings. The smallest absolute Gasteiger partial charge is 0.284 e. The highest BCUT2D eigenvalue weighted by Crippen LogP contribution is 2.34. The molecule has 6 nitrogen and oxygen atoms in total. The Kier molecular flexibility index (Phi) is 7.02. The fourth-order valence-corrected chi connectivity index (χ4v) is 5.13. The van der Waals surface area contributed by atoms with Gasteiger partial charge in [-0.25, -0.2) is 0 Å². The molecule has 0 aromatic heterocycles. The van der Waals surface area contributed by atoms with Gasteiger partial charge in [0, 0.05) is 26.3 Å². The van der Waals surface area contributed by atoms with E-state index in [0.29, 0.717) is 4.91 Å². The van der Waals surface area contributed by atoms with Crippen LogP contribution in [0.4, 0.5) is 5.69 Å². The number of sulfonamides is 1. The quantitative estimate of drug-likeness (QED) is 0.463. The van der Waals surface area contributed by atoms with Crippen molar-refractivity contribution < 1.29 is 13.2 Å². The number of carbonyl (C=O) groups excluding carboxylic acids is 1. The van der Waals surface area contributed by atoms with E-state index in [1.165, 1.54) is 4.90 Å². The van der Waals surface area contributed by atoms with Gasteiger partial charge < -0.3 is 4.90 Å². The summed E-state index contributed by atoms with van der Waals surface area (Å²) in [5, 5.41) is 0.126. The van der Waals surface area contributed by atoms with Gasteiger partial charge in [0.15, 0.2) is 5.17 Å². The molecule has 0 atom stereocenters. The minimum absolute atomic E-state index is 0.0977. The van der Waals surface area contributed by atoms with E-state index in [2.05, 4.69) is 11.0 Å². The number of amidine groups is 1. The molecule has 0 N–H and O–H groups in total. The first-order valence-electron chi connectivity index (χ1n) is 9.78. The molecule has 0 bridgehead atoms. The summed E-state index contributed by atoms with van der Waals surface area (Å²) in [6, 6.07) is 14.4. The van der Waals surface area contributed by atoms with Crippen molar-refractivity contribution in [2.45, 2.75) is 18.2 Å². The number of rotatable bonds is 7. The largest absolute Gasteiger partial charge is 0.378 e. The number of hydrogen-bond acceptors (Lipinski definition) is 5. The van der Waals surface area contributed by atoms with Crippen molar-refractivity contribution in [3.8, 4) is 0 Å². The average molecular weight is 456 g/mol. The van der Waals surface area contributed by atoms with Crippen LogP contribution in [0.3, 0.4) is 0 Å². The molecule has 1 saturated heterocycles. The molecule has 1 heterocycles. The molecular weight excluding hydrogens is 430 g/mol. The van der Waals surface area contributed by atoms with E-state index in [4.69, 9.17) is 0 Å². The summed E-state index contributed by atoms with van der Waals surface area (Å²) in [5.41, 5.74) is 2.93. The summed E-state index contributed by atoms with van der Waals surface area (Å²) in [4.78, 5) is 16.7. The lowest BCUT2D eigenvalue weighted by atomic mass is 10.2. The average Bonchev–Trinajstić information content (AvgIpc) is 3.02. The van der Waals surface area contributed by atoms with Gasteiger partial charge in [-0.3, -0.25) is 9.69 Å². The lowest BCUT2D eigenvalue weighted by molar-refractivity contribution is -0.121. The van der Waals surface area contributed by atoms with Crippen LogP contribution in [0.25, 0.3) is 6.08 Å². The molecule has 0 unspecified atom stereocenters. The Bertz CT molecular complexity index is 1130. The maximum absolute atomic E-state index is 12.9. The zero-order valence-corrected chi connectivity index (χ0v) is 19.4. The van der Waals surface area contributed by atoms with Gasteiger partial charge in [-0.1, -0.05) is 37.3 Å². The fourth-order valence-electron chi connectivity index (χ4n) is 2.94. The zero-order chi connectivity index (χ0) is 22.6. The molecule has 0 saturated carbocycles. The van der Waals surface area contributed by atoms with Crippen molar-refractivity contribution >= 4 is 44.6 Å². The summed E-state index contributed by atoms with van der Waals surface area (Å²) in [6.07, 6.45) is 4.11. The van der Waals surface area contributed by atoms with Crippen LogP contribution < -0.4 is 4.90 Å². The molecule has 0 aliphatic carbocycles. The summed E-state index contributed by atoms with van der Waals surface area (Å²) in [6.45, 7) is 5.84. The molecule has 31 heavy (non-hydrogen) atoms. The van der Waals surface area contributed by atoms with Gasteiger partial charge in [-0.15, -0.1) is 11.0 Å². The summed E-state index contributed by atoms with van der Waals surface area (Å²) in [7, 11) is -0.0399. The van der Waals surface area contributed by atoms with Gasteiger partial charge in [0.2, 0.25) is 0 Å².